The summed E-state index contributed by atoms with van der Waals surface area (Å²) in [7, 11) is 4.06. The van der Waals surface area contributed by atoms with E-state index in [1.807, 2.05) is 14.1 Å². The molecular weight excluding hydrogens is 390 g/mol. The first-order valence-electron chi connectivity index (χ1n) is 11.1. The van der Waals surface area contributed by atoms with Gasteiger partial charge >= 0.3 is 5.97 Å². The second-order valence-electron chi connectivity index (χ2n) is 8.25. The Morgan fingerprint density at radius 3 is 2.45 bits per heavy atom. The molecule has 0 radical (unpaired) electrons. The summed E-state index contributed by atoms with van der Waals surface area (Å²) in [6.07, 6.45) is 1.31. The van der Waals surface area contributed by atoms with Crippen molar-refractivity contribution in [3.63, 3.8) is 0 Å². The van der Waals surface area contributed by atoms with Gasteiger partial charge in [0, 0.05) is 43.8 Å². The molecule has 0 fully saturated rings. The van der Waals surface area contributed by atoms with Crippen molar-refractivity contribution in [3.8, 4) is 0 Å². The zero-order valence-corrected chi connectivity index (χ0v) is 18.8. The van der Waals surface area contributed by atoms with Crippen LogP contribution in [0.4, 0.5) is 5.69 Å². The molecule has 0 saturated heterocycles. The maximum absolute atomic E-state index is 12.4. The van der Waals surface area contributed by atoms with Gasteiger partial charge in [-0.2, -0.15) is 0 Å². The van der Waals surface area contributed by atoms with Crippen LogP contribution in [0.5, 0.6) is 0 Å². The van der Waals surface area contributed by atoms with Gasteiger partial charge in [-0.25, -0.2) is 0 Å². The average molecular weight is 425 g/mol. The maximum atomic E-state index is 12.4. The van der Waals surface area contributed by atoms with Gasteiger partial charge in [-0.05, 0) is 24.6 Å². The Morgan fingerprint density at radius 1 is 1.06 bits per heavy atom. The van der Waals surface area contributed by atoms with Crippen LogP contribution < -0.4 is 15.1 Å². The number of ether oxygens (including phenoxy) is 1. The van der Waals surface area contributed by atoms with Crippen LogP contribution in [0.3, 0.4) is 0 Å². The number of nitrogens with one attached hydrogen (secondary N) is 2. The quantitative estimate of drug-likeness (QED) is 0.604. The van der Waals surface area contributed by atoms with E-state index in [4.69, 9.17) is 4.74 Å². The summed E-state index contributed by atoms with van der Waals surface area (Å²) in [5.41, 5.74) is 5.17. The monoisotopic (exact) mass is 424 g/mol. The van der Waals surface area contributed by atoms with Gasteiger partial charge in [-0.15, -0.1) is 0 Å². The normalized spacial score (nSPS) is 16.2. The fraction of sp³-hybridized carbons (Fsp3) is 0.440. The Morgan fingerprint density at radius 2 is 1.77 bits per heavy atom. The van der Waals surface area contributed by atoms with Crippen LogP contribution in [0.2, 0.25) is 0 Å². The largest absolute Gasteiger partial charge is 0.466 e. The lowest BCUT2D eigenvalue weighted by atomic mass is 9.96. The molecule has 0 bridgehead atoms. The van der Waals surface area contributed by atoms with E-state index in [1.54, 1.807) is 6.92 Å². The van der Waals surface area contributed by atoms with Crippen molar-refractivity contribution >= 4 is 17.6 Å². The molecule has 3 rings (SSSR count). The van der Waals surface area contributed by atoms with Gasteiger partial charge in [0.25, 0.3) is 0 Å². The van der Waals surface area contributed by atoms with E-state index in [1.165, 1.54) is 21.6 Å². The maximum Gasteiger partial charge on any atom is 0.306 e. The Bertz CT molecular complexity index is 880. The van der Waals surface area contributed by atoms with E-state index in [0.717, 1.165) is 25.2 Å². The molecule has 2 aromatic rings. The summed E-state index contributed by atoms with van der Waals surface area (Å²) in [6, 6.07) is 17.4. The minimum atomic E-state index is -0.327. The minimum Gasteiger partial charge on any atom is -0.466 e. The van der Waals surface area contributed by atoms with E-state index in [0.29, 0.717) is 13.2 Å². The van der Waals surface area contributed by atoms with Gasteiger partial charge in [0.05, 0.1) is 26.1 Å². The first kappa shape index (κ1) is 22.8. The fourth-order valence-electron chi connectivity index (χ4n) is 4.16. The SMILES string of the molecule is CCOC(=O)CCC(=O)NC[C@H](c1ccc(N(C)C)cc1)[NH+]1CCc2ccccc2C1. The predicted octanol–water partition coefficient (Wildman–Crippen LogP) is 1.89. The number of benzene rings is 2. The number of anilines is 1. The molecule has 0 aliphatic carbocycles. The molecule has 0 spiro atoms. The van der Waals surface area contributed by atoms with E-state index >= 15 is 0 Å². The Hall–Kier alpha value is -2.86. The lowest BCUT2D eigenvalue weighted by Crippen LogP contribution is -3.12. The first-order valence-corrected chi connectivity index (χ1v) is 11.1. The van der Waals surface area contributed by atoms with Crippen molar-refractivity contribution < 1.29 is 19.2 Å². The van der Waals surface area contributed by atoms with E-state index in [9.17, 15) is 9.59 Å². The topological polar surface area (TPSA) is 63.1 Å². The van der Waals surface area contributed by atoms with Crippen molar-refractivity contribution in [2.75, 3.05) is 38.7 Å². The molecule has 2 aromatic carbocycles. The van der Waals surface area contributed by atoms with Crippen molar-refractivity contribution in [2.45, 2.75) is 38.8 Å². The summed E-state index contributed by atoms with van der Waals surface area (Å²) in [4.78, 5) is 27.5. The molecule has 166 valence electrons. The van der Waals surface area contributed by atoms with Crippen LogP contribution in [-0.4, -0.2) is 45.7 Å². The van der Waals surface area contributed by atoms with E-state index in [-0.39, 0.29) is 30.8 Å². The van der Waals surface area contributed by atoms with Crippen molar-refractivity contribution in [1.29, 1.82) is 0 Å². The molecule has 0 aromatic heterocycles. The van der Waals surface area contributed by atoms with Gasteiger partial charge < -0.3 is 19.9 Å². The molecule has 6 nitrogen and oxygen atoms in total. The number of hydrogen-bond donors (Lipinski definition) is 2. The van der Waals surface area contributed by atoms with Gasteiger partial charge in [-0.1, -0.05) is 36.4 Å². The van der Waals surface area contributed by atoms with Crippen molar-refractivity contribution in [3.05, 3.63) is 65.2 Å². The highest BCUT2D eigenvalue weighted by molar-refractivity contribution is 5.81. The molecule has 6 heteroatoms. The number of fused-ring (bicyclic) bond motifs is 1. The number of carbonyl (C=O) groups excluding carboxylic acids is 2. The summed E-state index contributed by atoms with van der Waals surface area (Å²) in [6.45, 7) is 4.61. The first-order chi connectivity index (χ1) is 15.0. The molecule has 1 amide bonds. The number of rotatable bonds is 9. The molecule has 1 unspecified atom stereocenters. The van der Waals surface area contributed by atoms with Gasteiger partial charge in [0.1, 0.15) is 12.6 Å². The Balaban J connectivity index is 1.70. The summed E-state index contributed by atoms with van der Waals surface area (Å²) < 4.78 is 4.92. The Kier molecular flexibility index (Phi) is 8.06. The highest BCUT2D eigenvalue weighted by Crippen LogP contribution is 2.18. The molecule has 0 saturated carbocycles. The number of esters is 1. The number of quaternary nitrogens is 1. The molecule has 2 atom stereocenters. The lowest BCUT2D eigenvalue weighted by molar-refractivity contribution is -0.945. The summed E-state index contributed by atoms with van der Waals surface area (Å²) in [5.74, 6) is -0.438. The van der Waals surface area contributed by atoms with Crippen LogP contribution in [0.15, 0.2) is 48.5 Å². The zero-order valence-electron chi connectivity index (χ0n) is 18.8. The summed E-state index contributed by atoms with van der Waals surface area (Å²) in [5, 5.41) is 3.06. The number of amides is 1. The van der Waals surface area contributed by atoms with Crippen LogP contribution in [0, 0.1) is 0 Å². The van der Waals surface area contributed by atoms with Crippen LogP contribution >= 0.6 is 0 Å². The molecule has 31 heavy (non-hydrogen) atoms. The number of nitrogens with zero attached hydrogens (tertiary/aromatic N) is 1. The molecule has 2 N–H and O–H groups in total. The van der Waals surface area contributed by atoms with E-state index < -0.39 is 0 Å². The molecule has 1 aliphatic heterocycles. The third-order valence-electron chi connectivity index (χ3n) is 5.92. The van der Waals surface area contributed by atoms with Crippen LogP contribution in [0.1, 0.15) is 42.5 Å². The van der Waals surface area contributed by atoms with Crippen molar-refractivity contribution in [2.24, 2.45) is 0 Å². The molecular formula is C25H34N3O3+. The third-order valence-corrected chi connectivity index (χ3v) is 5.92. The minimum absolute atomic E-state index is 0.111. The van der Waals surface area contributed by atoms with Gasteiger partial charge in [0.2, 0.25) is 5.91 Å². The average Bonchev–Trinajstić information content (AvgIpc) is 2.78. The number of hydrogen-bond acceptors (Lipinski definition) is 4. The number of carbonyl (C=O) groups is 2. The predicted molar refractivity (Wildman–Crippen MR) is 122 cm³/mol. The Labute approximate surface area is 185 Å². The van der Waals surface area contributed by atoms with Crippen LogP contribution in [0.25, 0.3) is 0 Å². The van der Waals surface area contributed by atoms with E-state index in [2.05, 4.69) is 58.7 Å². The third kappa shape index (κ3) is 6.31. The zero-order chi connectivity index (χ0) is 22.2. The molecule has 1 heterocycles. The fourth-order valence-corrected chi connectivity index (χ4v) is 4.16. The van der Waals surface area contributed by atoms with Crippen molar-refractivity contribution in [1.82, 2.24) is 5.32 Å². The second kappa shape index (κ2) is 11.0. The lowest BCUT2D eigenvalue weighted by Gasteiger charge is -2.33. The highest BCUT2D eigenvalue weighted by atomic mass is 16.5. The smallest absolute Gasteiger partial charge is 0.306 e. The highest BCUT2D eigenvalue weighted by Gasteiger charge is 2.29. The van der Waals surface area contributed by atoms with Gasteiger partial charge in [0.15, 0.2) is 0 Å². The second-order valence-corrected chi connectivity index (χ2v) is 8.25. The van der Waals surface area contributed by atoms with Crippen LogP contribution in [-0.2, 0) is 27.3 Å². The summed E-state index contributed by atoms with van der Waals surface area (Å²) >= 11 is 0. The van der Waals surface area contributed by atoms with Gasteiger partial charge in [-0.3, -0.25) is 9.59 Å². The standard InChI is InChI=1S/C25H33N3O3/c1-4-31-25(30)14-13-24(29)26-17-23(20-9-11-22(12-10-20)27(2)3)28-16-15-19-7-5-6-8-21(19)18-28/h5-12,23H,4,13-18H2,1-3H3,(H,26,29)/p+1/t23-/m1/s1. The molecule has 1 aliphatic rings.